The Kier molecular flexibility index (Phi) is 4.32. The first kappa shape index (κ1) is 14.2. The van der Waals surface area contributed by atoms with Crippen LogP contribution < -0.4 is 5.73 Å². The van der Waals surface area contributed by atoms with Gasteiger partial charge in [0.05, 0.1) is 0 Å². The van der Waals surface area contributed by atoms with Crippen molar-refractivity contribution in [3.05, 3.63) is 0 Å². The summed E-state index contributed by atoms with van der Waals surface area (Å²) in [4.78, 5) is 14.9. The van der Waals surface area contributed by atoms with Gasteiger partial charge in [0.2, 0.25) is 5.91 Å². The molecule has 5 nitrogen and oxygen atoms in total. The molecule has 1 aliphatic heterocycles. The highest BCUT2D eigenvalue weighted by Crippen LogP contribution is 2.38. The lowest BCUT2D eigenvalue weighted by Crippen LogP contribution is -2.52. The van der Waals surface area contributed by atoms with Crippen molar-refractivity contribution in [1.82, 2.24) is 4.90 Å². The van der Waals surface area contributed by atoms with Gasteiger partial charge in [-0.3, -0.25) is 4.79 Å². The number of amides is 1. The van der Waals surface area contributed by atoms with E-state index in [2.05, 4.69) is 12.1 Å². The summed E-state index contributed by atoms with van der Waals surface area (Å²) in [5.41, 5.74) is 5.16. The molecule has 108 valence electrons. The topological polar surface area (TPSA) is 78.9 Å². The van der Waals surface area contributed by atoms with Gasteiger partial charge in [0.1, 0.15) is 5.41 Å². The fourth-order valence-electron chi connectivity index (χ4n) is 3.52. The van der Waals surface area contributed by atoms with Crippen molar-refractivity contribution >= 4 is 11.7 Å². The van der Waals surface area contributed by atoms with Crippen LogP contribution >= 0.6 is 0 Å². The highest BCUT2D eigenvalue weighted by Gasteiger charge is 2.46. The Balaban J connectivity index is 2.28. The SMILES string of the molecule is CC1CCCN1C(=O)C1(C(N)=NO)CCCCCC1. The molecule has 1 amide bonds. The molecule has 5 heteroatoms. The molecule has 3 N–H and O–H groups in total. The second-order valence-electron chi connectivity index (χ2n) is 5.97. The number of rotatable bonds is 2. The predicted octanol–water partition coefficient (Wildman–Crippen LogP) is 2.08. The molecule has 0 radical (unpaired) electrons. The first-order valence-corrected chi connectivity index (χ1v) is 7.41. The Hall–Kier alpha value is -1.26. The highest BCUT2D eigenvalue weighted by molar-refractivity contribution is 6.06. The van der Waals surface area contributed by atoms with Crippen LogP contribution in [-0.2, 0) is 4.79 Å². The Labute approximate surface area is 114 Å². The molecule has 19 heavy (non-hydrogen) atoms. The molecule has 2 fully saturated rings. The van der Waals surface area contributed by atoms with Crippen molar-refractivity contribution in [3.63, 3.8) is 0 Å². The van der Waals surface area contributed by atoms with E-state index in [9.17, 15) is 4.79 Å². The minimum atomic E-state index is -0.760. The Morgan fingerprint density at radius 3 is 2.37 bits per heavy atom. The van der Waals surface area contributed by atoms with Gasteiger partial charge in [-0.1, -0.05) is 30.8 Å². The van der Waals surface area contributed by atoms with Crippen LogP contribution in [0, 0.1) is 5.41 Å². The lowest BCUT2D eigenvalue weighted by molar-refractivity contribution is -0.139. The maximum atomic E-state index is 12.9. The lowest BCUT2D eigenvalue weighted by atomic mass is 9.77. The molecule has 1 saturated carbocycles. The Morgan fingerprint density at radius 2 is 1.89 bits per heavy atom. The molecule has 2 aliphatic rings. The normalized spacial score (nSPS) is 28.2. The molecule has 1 atom stereocenters. The van der Waals surface area contributed by atoms with Crippen LogP contribution in [0.5, 0.6) is 0 Å². The molecule has 1 heterocycles. The van der Waals surface area contributed by atoms with Crippen LogP contribution in [0.1, 0.15) is 58.3 Å². The van der Waals surface area contributed by atoms with Crippen molar-refractivity contribution in [2.24, 2.45) is 16.3 Å². The standard InChI is InChI=1S/C14H25N3O2/c1-11-7-6-10-17(11)13(18)14(12(15)16-19)8-4-2-3-5-9-14/h11,19H,2-10H2,1H3,(H2,15,16). The zero-order chi connectivity index (χ0) is 13.9. The third kappa shape index (κ3) is 2.55. The average molecular weight is 267 g/mol. The lowest BCUT2D eigenvalue weighted by Gasteiger charge is -2.35. The minimum Gasteiger partial charge on any atom is -0.409 e. The first-order chi connectivity index (χ1) is 9.12. The molecular weight excluding hydrogens is 242 g/mol. The second-order valence-corrected chi connectivity index (χ2v) is 5.97. The van der Waals surface area contributed by atoms with Gasteiger partial charge in [0.25, 0.3) is 0 Å². The van der Waals surface area contributed by atoms with Crippen LogP contribution in [0.15, 0.2) is 5.16 Å². The fraction of sp³-hybridized carbons (Fsp3) is 0.857. The van der Waals surface area contributed by atoms with Gasteiger partial charge in [-0.2, -0.15) is 0 Å². The monoisotopic (exact) mass is 267 g/mol. The second kappa shape index (κ2) is 5.80. The molecule has 1 aliphatic carbocycles. The van der Waals surface area contributed by atoms with E-state index in [-0.39, 0.29) is 17.8 Å². The number of likely N-dealkylation sites (tertiary alicyclic amines) is 1. The summed E-state index contributed by atoms with van der Waals surface area (Å²) in [5, 5.41) is 12.3. The molecule has 1 saturated heterocycles. The molecule has 0 spiro atoms. The third-order valence-electron chi connectivity index (χ3n) is 4.78. The summed E-state index contributed by atoms with van der Waals surface area (Å²) in [6.45, 7) is 2.89. The Morgan fingerprint density at radius 1 is 1.26 bits per heavy atom. The van der Waals surface area contributed by atoms with Crippen molar-refractivity contribution in [1.29, 1.82) is 0 Å². The molecular formula is C14H25N3O2. The smallest absolute Gasteiger partial charge is 0.236 e. The van der Waals surface area contributed by atoms with Gasteiger partial charge in [-0.15, -0.1) is 0 Å². The summed E-state index contributed by atoms with van der Waals surface area (Å²) >= 11 is 0. The van der Waals surface area contributed by atoms with Crippen molar-refractivity contribution in [2.45, 2.75) is 64.3 Å². The largest absolute Gasteiger partial charge is 0.409 e. The number of nitrogens with zero attached hydrogens (tertiary/aromatic N) is 2. The Bertz CT molecular complexity index is 360. The van der Waals surface area contributed by atoms with Crippen LogP contribution in [0.2, 0.25) is 0 Å². The molecule has 0 aromatic heterocycles. The number of hydrogen-bond donors (Lipinski definition) is 2. The maximum absolute atomic E-state index is 12.9. The van der Waals surface area contributed by atoms with Crippen molar-refractivity contribution in [2.75, 3.05) is 6.54 Å². The van der Waals surface area contributed by atoms with Gasteiger partial charge in [0, 0.05) is 12.6 Å². The van der Waals surface area contributed by atoms with Crippen LogP contribution in [-0.4, -0.2) is 34.4 Å². The van der Waals surface area contributed by atoms with E-state index >= 15 is 0 Å². The number of carbonyl (C=O) groups excluding carboxylic acids is 1. The van der Waals surface area contributed by atoms with Gasteiger partial charge in [0.15, 0.2) is 5.84 Å². The summed E-state index contributed by atoms with van der Waals surface area (Å²) in [7, 11) is 0. The van der Waals surface area contributed by atoms with Crippen LogP contribution in [0.25, 0.3) is 0 Å². The number of hydrogen-bond acceptors (Lipinski definition) is 3. The number of carbonyl (C=O) groups is 1. The fourth-order valence-corrected chi connectivity index (χ4v) is 3.52. The van der Waals surface area contributed by atoms with E-state index in [0.29, 0.717) is 12.8 Å². The highest BCUT2D eigenvalue weighted by atomic mass is 16.4. The predicted molar refractivity (Wildman–Crippen MR) is 74.0 cm³/mol. The summed E-state index contributed by atoms with van der Waals surface area (Å²) < 4.78 is 0. The van der Waals surface area contributed by atoms with Gasteiger partial charge >= 0.3 is 0 Å². The number of oxime groups is 1. The minimum absolute atomic E-state index is 0.0784. The van der Waals surface area contributed by atoms with Crippen LogP contribution in [0.4, 0.5) is 0 Å². The molecule has 0 bridgehead atoms. The molecule has 1 unspecified atom stereocenters. The molecule has 0 aromatic rings. The zero-order valence-electron chi connectivity index (χ0n) is 11.8. The maximum Gasteiger partial charge on any atom is 0.236 e. The molecule has 2 rings (SSSR count). The summed E-state index contributed by atoms with van der Waals surface area (Å²) in [6.07, 6.45) is 7.74. The molecule has 0 aromatic carbocycles. The summed E-state index contributed by atoms with van der Waals surface area (Å²) in [5.74, 6) is 0.188. The average Bonchev–Trinajstić information content (AvgIpc) is 2.70. The van der Waals surface area contributed by atoms with Gasteiger partial charge in [-0.05, 0) is 32.6 Å². The van der Waals surface area contributed by atoms with Crippen molar-refractivity contribution in [3.8, 4) is 0 Å². The van der Waals surface area contributed by atoms with E-state index in [0.717, 1.165) is 45.1 Å². The van der Waals surface area contributed by atoms with E-state index in [1.54, 1.807) is 0 Å². The van der Waals surface area contributed by atoms with Crippen LogP contribution in [0.3, 0.4) is 0 Å². The zero-order valence-corrected chi connectivity index (χ0v) is 11.8. The first-order valence-electron chi connectivity index (χ1n) is 7.41. The number of amidine groups is 1. The van der Waals surface area contributed by atoms with Gasteiger partial charge in [-0.25, -0.2) is 0 Å². The summed E-state index contributed by atoms with van der Waals surface area (Å²) in [6, 6.07) is 0.277. The number of nitrogens with two attached hydrogens (primary N) is 1. The van der Waals surface area contributed by atoms with Crippen molar-refractivity contribution < 1.29 is 10.0 Å². The third-order valence-corrected chi connectivity index (χ3v) is 4.78. The van der Waals surface area contributed by atoms with E-state index < -0.39 is 5.41 Å². The van der Waals surface area contributed by atoms with Gasteiger partial charge < -0.3 is 15.8 Å². The van der Waals surface area contributed by atoms with E-state index in [1.807, 2.05) is 4.90 Å². The van der Waals surface area contributed by atoms with E-state index in [1.165, 1.54) is 0 Å². The quantitative estimate of drug-likeness (QED) is 0.264. The van der Waals surface area contributed by atoms with E-state index in [4.69, 9.17) is 10.9 Å².